The first-order chi connectivity index (χ1) is 5.07. The molecule has 72 valence electrons. The lowest BCUT2D eigenvalue weighted by Gasteiger charge is -2.05. The van der Waals surface area contributed by atoms with Gasteiger partial charge >= 0.3 is 0 Å². The number of ether oxygens (including phenoxy) is 1. The van der Waals surface area contributed by atoms with Crippen LogP contribution in [0.25, 0.3) is 0 Å². The molecule has 0 spiro atoms. The summed E-state index contributed by atoms with van der Waals surface area (Å²) in [5, 5.41) is 7.17. The van der Waals surface area contributed by atoms with Gasteiger partial charge in [0.05, 0.1) is 13.0 Å². The van der Waals surface area contributed by atoms with Crippen LogP contribution in [0.1, 0.15) is 27.2 Å². The van der Waals surface area contributed by atoms with E-state index in [0.717, 1.165) is 0 Å². The van der Waals surface area contributed by atoms with Crippen molar-refractivity contribution < 1.29 is 9.53 Å². The van der Waals surface area contributed by atoms with E-state index in [2.05, 4.69) is 0 Å². The highest BCUT2D eigenvalue weighted by Gasteiger charge is 2.10. The third-order valence-electron chi connectivity index (χ3n) is 1.30. The van der Waals surface area contributed by atoms with E-state index in [1.54, 1.807) is 6.92 Å². The number of hydrogen-bond donors (Lipinski definition) is 1. The van der Waals surface area contributed by atoms with E-state index in [4.69, 9.17) is 10.1 Å². The number of ketones is 1. The molecule has 0 atom stereocenters. The Morgan fingerprint density at radius 1 is 1.50 bits per heavy atom. The Kier molecular flexibility index (Phi) is 8.27. The maximum absolute atomic E-state index is 11.0. The number of hydrogen-bond acceptors (Lipinski definition) is 3. The maximum Gasteiger partial charge on any atom is 0.187 e. The SMILES string of the molecule is CCOC(=N)CC(=O)C(C)C.Cl. The quantitative estimate of drug-likeness (QED) is 0.549. The first-order valence-electron chi connectivity index (χ1n) is 3.80. The normalized spacial score (nSPS) is 9.00. The Hall–Kier alpha value is -0.570. The summed E-state index contributed by atoms with van der Waals surface area (Å²) in [6.07, 6.45) is 0.130. The van der Waals surface area contributed by atoms with Crippen molar-refractivity contribution in [2.75, 3.05) is 6.61 Å². The van der Waals surface area contributed by atoms with Crippen LogP contribution in [0.4, 0.5) is 0 Å². The molecule has 0 aromatic heterocycles. The largest absolute Gasteiger partial charge is 0.481 e. The minimum atomic E-state index is -0.00388. The summed E-state index contributed by atoms with van der Waals surface area (Å²) >= 11 is 0. The summed E-state index contributed by atoms with van der Waals surface area (Å²) < 4.78 is 4.83. The van der Waals surface area contributed by atoms with Gasteiger partial charge in [-0.15, -0.1) is 12.4 Å². The Morgan fingerprint density at radius 2 is 2.00 bits per heavy atom. The van der Waals surface area contributed by atoms with E-state index in [0.29, 0.717) is 6.61 Å². The third-order valence-corrected chi connectivity index (χ3v) is 1.30. The van der Waals surface area contributed by atoms with E-state index in [1.807, 2.05) is 13.8 Å². The van der Waals surface area contributed by atoms with E-state index in [9.17, 15) is 4.79 Å². The van der Waals surface area contributed by atoms with Gasteiger partial charge in [0.1, 0.15) is 5.78 Å². The van der Waals surface area contributed by atoms with E-state index in [1.165, 1.54) is 0 Å². The molecule has 0 aromatic rings. The highest BCUT2D eigenvalue weighted by molar-refractivity contribution is 5.97. The fourth-order valence-corrected chi connectivity index (χ4v) is 0.588. The van der Waals surface area contributed by atoms with Gasteiger partial charge in [0.15, 0.2) is 5.90 Å². The van der Waals surface area contributed by atoms with Gasteiger partial charge in [0.25, 0.3) is 0 Å². The van der Waals surface area contributed by atoms with Gasteiger partial charge in [-0.3, -0.25) is 10.2 Å². The van der Waals surface area contributed by atoms with Crippen LogP contribution in [0.3, 0.4) is 0 Å². The molecule has 0 aromatic carbocycles. The molecule has 0 aliphatic rings. The van der Waals surface area contributed by atoms with Crippen LogP contribution < -0.4 is 0 Å². The van der Waals surface area contributed by atoms with E-state index in [-0.39, 0.29) is 36.4 Å². The van der Waals surface area contributed by atoms with Crippen molar-refractivity contribution in [3.05, 3.63) is 0 Å². The first kappa shape index (κ1) is 14.0. The standard InChI is InChI=1S/C8H15NO2.ClH/c1-4-11-8(9)5-7(10)6(2)3;/h6,9H,4-5H2,1-3H3;1H. The summed E-state index contributed by atoms with van der Waals surface area (Å²) in [6.45, 7) is 5.90. The van der Waals surface area contributed by atoms with Crippen LogP contribution in [-0.4, -0.2) is 18.3 Å². The second-order valence-corrected chi connectivity index (χ2v) is 2.65. The van der Waals surface area contributed by atoms with Gasteiger partial charge in [0, 0.05) is 5.92 Å². The van der Waals surface area contributed by atoms with Gasteiger partial charge in [-0.05, 0) is 6.92 Å². The Bertz CT molecular complexity index is 157. The lowest BCUT2D eigenvalue weighted by Crippen LogP contribution is -2.14. The van der Waals surface area contributed by atoms with Crippen LogP contribution in [-0.2, 0) is 9.53 Å². The van der Waals surface area contributed by atoms with Crippen molar-refractivity contribution in [1.29, 1.82) is 5.41 Å². The summed E-state index contributed by atoms with van der Waals surface area (Å²) in [4.78, 5) is 11.0. The molecular weight excluding hydrogens is 178 g/mol. The monoisotopic (exact) mass is 193 g/mol. The fraction of sp³-hybridized carbons (Fsp3) is 0.750. The van der Waals surface area contributed by atoms with Crippen molar-refractivity contribution in [2.24, 2.45) is 5.92 Å². The summed E-state index contributed by atoms with van der Waals surface area (Å²) in [6, 6.07) is 0. The molecule has 0 rings (SSSR count). The fourth-order valence-electron chi connectivity index (χ4n) is 0.588. The number of carbonyl (C=O) groups excluding carboxylic acids is 1. The van der Waals surface area contributed by atoms with Gasteiger partial charge in [-0.25, -0.2) is 0 Å². The maximum atomic E-state index is 11.0. The molecule has 0 aliphatic carbocycles. The number of carbonyl (C=O) groups is 1. The molecule has 1 N–H and O–H groups in total. The smallest absolute Gasteiger partial charge is 0.187 e. The van der Waals surface area contributed by atoms with Gasteiger partial charge < -0.3 is 4.74 Å². The van der Waals surface area contributed by atoms with E-state index < -0.39 is 0 Å². The molecule has 0 fully saturated rings. The predicted octanol–water partition coefficient (Wildman–Crippen LogP) is 2.04. The second-order valence-electron chi connectivity index (χ2n) is 2.65. The van der Waals surface area contributed by atoms with Crippen molar-refractivity contribution in [2.45, 2.75) is 27.2 Å². The summed E-state index contributed by atoms with van der Waals surface area (Å²) in [5.41, 5.74) is 0. The number of rotatable bonds is 4. The second kappa shape index (κ2) is 7.10. The van der Waals surface area contributed by atoms with Crippen molar-refractivity contribution in [1.82, 2.24) is 0 Å². The Labute approximate surface area is 79.4 Å². The molecule has 4 heteroatoms. The van der Waals surface area contributed by atoms with Crippen molar-refractivity contribution >= 4 is 24.1 Å². The van der Waals surface area contributed by atoms with Crippen LogP contribution in [0, 0.1) is 11.3 Å². The zero-order valence-corrected chi connectivity index (χ0v) is 8.53. The topological polar surface area (TPSA) is 50.1 Å². The average molecular weight is 194 g/mol. The van der Waals surface area contributed by atoms with Gasteiger partial charge in [-0.2, -0.15) is 0 Å². The predicted molar refractivity (Wildman–Crippen MR) is 51.1 cm³/mol. The molecule has 12 heavy (non-hydrogen) atoms. The average Bonchev–Trinajstić information content (AvgIpc) is 1.87. The molecular formula is C8H16ClNO2. The summed E-state index contributed by atoms with van der Waals surface area (Å²) in [7, 11) is 0. The molecule has 0 saturated carbocycles. The van der Waals surface area contributed by atoms with Crippen LogP contribution in [0.5, 0.6) is 0 Å². The van der Waals surface area contributed by atoms with Crippen molar-refractivity contribution in [3.8, 4) is 0 Å². The first-order valence-corrected chi connectivity index (χ1v) is 3.80. The Morgan fingerprint density at radius 3 is 2.33 bits per heavy atom. The van der Waals surface area contributed by atoms with E-state index >= 15 is 0 Å². The highest BCUT2D eigenvalue weighted by Crippen LogP contribution is 1.99. The molecule has 3 nitrogen and oxygen atoms in total. The summed E-state index contributed by atoms with van der Waals surface area (Å²) in [5.74, 6) is 0.130. The van der Waals surface area contributed by atoms with Crippen LogP contribution >= 0.6 is 12.4 Å². The number of nitrogens with one attached hydrogen (secondary N) is 1. The Balaban J connectivity index is 0. The van der Waals surface area contributed by atoms with Crippen LogP contribution in [0.15, 0.2) is 0 Å². The molecule has 0 aliphatic heterocycles. The number of Topliss-reactive ketones (excluding diaryl/α,β-unsaturated/α-hetero) is 1. The molecule has 0 bridgehead atoms. The molecule has 0 heterocycles. The minimum Gasteiger partial charge on any atom is -0.481 e. The number of halogens is 1. The zero-order chi connectivity index (χ0) is 8.85. The minimum absolute atomic E-state index is 0. The van der Waals surface area contributed by atoms with Crippen molar-refractivity contribution in [3.63, 3.8) is 0 Å². The molecule has 0 saturated heterocycles. The molecule has 0 unspecified atom stereocenters. The third kappa shape index (κ3) is 6.16. The molecule has 0 amide bonds. The highest BCUT2D eigenvalue weighted by atomic mass is 35.5. The molecule has 0 radical (unpaired) electrons. The van der Waals surface area contributed by atoms with Gasteiger partial charge in [0.2, 0.25) is 0 Å². The lowest BCUT2D eigenvalue weighted by molar-refractivity contribution is -0.120. The lowest BCUT2D eigenvalue weighted by atomic mass is 10.1. The van der Waals surface area contributed by atoms with Gasteiger partial charge in [-0.1, -0.05) is 13.8 Å². The van der Waals surface area contributed by atoms with Crippen LogP contribution in [0.2, 0.25) is 0 Å². The zero-order valence-electron chi connectivity index (χ0n) is 7.72.